The summed E-state index contributed by atoms with van der Waals surface area (Å²) in [5.74, 6) is -1.62. The average Bonchev–Trinajstić information content (AvgIpc) is 0.929. The van der Waals surface area contributed by atoms with E-state index in [0.717, 1.165) is 193 Å². The molecule has 4 N–H and O–H groups in total. The van der Waals surface area contributed by atoms with Crippen LogP contribution in [0.3, 0.4) is 0 Å². The van der Waals surface area contributed by atoms with Crippen molar-refractivity contribution in [3.05, 3.63) is 170 Å². The van der Waals surface area contributed by atoms with Crippen molar-refractivity contribution in [1.29, 1.82) is 0 Å². The quantitative estimate of drug-likeness (QED) is 0.0146. The number of esters is 3. The van der Waals surface area contributed by atoms with Gasteiger partial charge in [-0.3, -0.25) is 32.5 Å². The third kappa shape index (κ3) is 77.8. The van der Waals surface area contributed by atoms with Crippen LogP contribution in [0.5, 0.6) is 0 Å². The molecule has 0 saturated heterocycles. The van der Waals surface area contributed by atoms with E-state index in [0.29, 0.717) is 19.3 Å². The van der Waals surface area contributed by atoms with Gasteiger partial charge >= 0.3 is 33.6 Å². The number of phosphoric acid groups is 2. The van der Waals surface area contributed by atoms with E-state index in [-0.39, 0.29) is 19.3 Å². The van der Waals surface area contributed by atoms with Crippen LogP contribution in [-0.2, 0) is 55.8 Å². The van der Waals surface area contributed by atoms with Crippen molar-refractivity contribution in [2.75, 3.05) is 39.6 Å². The molecule has 0 radical (unpaired) electrons. The maximum atomic E-state index is 13.0. The maximum Gasteiger partial charge on any atom is 0.472 e. The first kappa shape index (κ1) is 97.9. The van der Waals surface area contributed by atoms with Gasteiger partial charge in [0.25, 0.3) is 0 Å². The van der Waals surface area contributed by atoms with E-state index in [2.05, 4.69) is 191 Å². The van der Waals surface area contributed by atoms with Gasteiger partial charge in [-0.2, -0.15) is 0 Å². The van der Waals surface area contributed by atoms with Crippen LogP contribution in [-0.4, -0.2) is 95.9 Å². The summed E-state index contributed by atoms with van der Waals surface area (Å²) in [5.41, 5.74) is 0. The van der Waals surface area contributed by atoms with Crippen LogP contribution in [0.1, 0.15) is 290 Å². The third-order valence-corrected chi connectivity index (χ3v) is 17.8. The number of phosphoric ester groups is 2. The normalized spacial score (nSPS) is 14.9. The highest BCUT2D eigenvalue weighted by Gasteiger charge is 2.29. The lowest BCUT2D eigenvalue weighted by molar-refractivity contribution is -0.161. The van der Waals surface area contributed by atoms with Crippen molar-refractivity contribution >= 4 is 33.6 Å². The molecule has 0 fully saturated rings. The number of ether oxygens (including phenoxy) is 3. The number of allylic oxidation sites excluding steroid dienone is 28. The second kappa shape index (κ2) is 76.6. The number of carbonyl (C=O) groups is 3. The Morgan fingerprint density at radius 2 is 0.485 bits per heavy atom. The average molecular weight is 1480 g/mol. The summed E-state index contributed by atoms with van der Waals surface area (Å²) in [6.45, 7) is 2.29. The lowest BCUT2D eigenvalue weighted by Crippen LogP contribution is -2.30. The Morgan fingerprint density at radius 1 is 0.272 bits per heavy atom. The number of hydrogen-bond acceptors (Lipinski definition) is 14. The molecule has 0 rings (SSSR count). The van der Waals surface area contributed by atoms with Crippen molar-refractivity contribution in [2.45, 2.75) is 309 Å². The number of hydrogen-bond donors (Lipinski definition) is 4. The predicted octanol–water partition coefficient (Wildman–Crippen LogP) is 23.2. The molecule has 5 atom stereocenters. The Hall–Kier alpha value is -5.09. The van der Waals surface area contributed by atoms with Crippen LogP contribution in [0.15, 0.2) is 170 Å². The van der Waals surface area contributed by atoms with Crippen LogP contribution in [0.25, 0.3) is 0 Å². The molecule has 18 heteroatoms. The molecule has 0 aromatic rings. The zero-order valence-corrected chi connectivity index (χ0v) is 65.7. The van der Waals surface area contributed by atoms with Crippen molar-refractivity contribution in [1.82, 2.24) is 0 Å². The highest BCUT2D eigenvalue weighted by molar-refractivity contribution is 7.47. The van der Waals surface area contributed by atoms with Gasteiger partial charge in [0.15, 0.2) is 6.10 Å². The van der Waals surface area contributed by atoms with Crippen molar-refractivity contribution in [3.8, 4) is 0 Å². The lowest BCUT2D eigenvalue weighted by atomic mass is 10.0. The maximum absolute atomic E-state index is 13.0. The predicted molar refractivity (Wildman–Crippen MR) is 426 cm³/mol. The Morgan fingerprint density at radius 3 is 0.767 bits per heavy atom. The Labute approximate surface area is 624 Å². The Balaban J connectivity index is 4.64. The second-order valence-electron chi connectivity index (χ2n) is 25.7. The number of aliphatic hydroxyl groups is 2. The van der Waals surface area contributed by atoms with E-state index in [9.17, 15) is 43.5 Å². The summed E-state index contributed by atoms with van der Waals surface area (Å²) in [6, 6.07) is 0. The molecular weight excluding hydrogens is 1340 g/mol. The van der Waals surface area contributed by atoms with Crippen LogP contribution in [0, 0.1) is 0 Å². The van der Waals surface area contributed by atoms with Crippen molar-refractivity contribution in [2.24, 2.45) is 0 Å². The molecule has 0 bridgehead atoms. The highest BCUT2D eigenvalue weighted by Crippen LogP contribution is 2.45. The molecule has 0 aliphatic heterocycles. The molecule has 0 aliphatic rings. The SMILES string of the molecule is CC/C=C\C/C=C\C/C=C\C/C=C\C/C=C\CCCCCCCCCCCCCC(=O)OCC(O)COP(=O)(O)OCC(O)COP(=O)(O)OCC(COC(=O)CCCCCCCCC/C=C\C/C=C\C/C=C\C/C=C\C/C=C\CC)OC(=O)CCCCCC/C=C\C/C=C\C/C=C\C/C=C\CC. The first-order chi connectivity index (χ1) is 50.2. The molecule has 0 spiro atoms. The summed E-state index contributed by atoms with van der Waals surface area (Å²) >= 11 is 0. The molecule has 0 saturated carbocycles. The fourth-order valence-electron chi connectivity index (χ4n) is 10.0. The van der Waals surface area contributed by atoms with Crippen molar-refractivity contribution in [3.63, 3.8) is 0 Å². The first-order valence-corrected chi connectivity index (χ1v) is 42.4. The number of unbranched alkanes of at least 4 members (excludes halogenated alkanes) is 22. The third-order valence-electron chi connectivity index (χ3n) is 15.9. The molecule has 5 unspecified atom stereocenters. The van der Waals surface area contributed by atoms with Gasteiger partial charge in [0.05, 0.1) is 26.4 Å². The molecule has 16 nitrogen and oxygen atoms in total. The van der Waals surface area contributed by atoms with Gasteiger partial charge in [0.1, 0.15) is 25.4 Å². The Kier molecular flexibility index (Phi) is 72.8. The van der Waals surface area contributed by atoms with E-state index in [1.165, 1.54) is 38.5 Å². The molecule has 0 heterocycles. The molecule has 103 heavy (non-hydrogen) atoms. The number of carbonyl (C=O) groups excluding carboxylic acids is 3. The molecule has 0 aliphatic carbocycles. The smallest absolute Gasteiger partial charge is 0.463 e. The molecule has 0 amide bonds. The molecule has 586 valence electrons. The zero-order valence-electron chi connectivity index (χ0n) is 63.9. The number of rotatable bonds is 73. The summed E-state index contributed by atoms with van der Waals surface area (Å²) in [4.78, 5) is 58.7. The van der Waals surface area contributed by atoms with E-state index < -0.39 is 91.5 Å². The summed E-state index contributed by atoms with van der Waals surface area (Å²) < 4.78 is 61.2. The van der Waals surface area contributed by atoms with Gasteiger partial charge in [-0.05, 0) is 148 Å². The molecule has 0 aromatic carbocycles. The first-order valence-electron chi connectivity index (χ1n) is 39.4. The second-order valence-corrected chi connectivity index (χ2v) is 28.6. The lowest BCUT2D eigenvalue weighted by Gasteiger charge is -2.21. The summed E-state index contributed by atoms with van der Waals surface area (Å²) in [6.07, 6.45) is 96.8. The van der Waals surface area contributed by atoms with Gasteiger partial charge in [0, 0.05) is 19.3 Å². The number of aliphatic hydroxyl groups excluding tert-OH is 2. The van der Waals surface area contributed by atoms with Crippen molar-refractivity contribution < 1.29 is 75.8 Å². The summed E-state index contributed by atoms with van der Waals surface area (Å²) in [5, 5.41) is 20.6. The van der Waals surface area contributed by atoms with E-state index in [4.69, 9.17) is 32.3 Å². The largest absolute Gasteiger partial charge is 0.472 e. The standard InChI is InChI=1S/C85H140O16P2/c1-4-7-10-13-16-19-22-25-28-31-33-35-37-38-39-40-42-44-45-48-50-53-56-59-62-65-68-71-83(88)95-74-80(86)75-97-102(91,92)98-76-81(87)77-99-103(93,94)100-79-82(101-85(90)73-70-67-64-61-58-55-52-47-30-27-24-21-18-15-12-9-6-3)78-96-84(89)72-69-66-63-60-57-54-51-49-46-43-41-36-34-32-29-26-23-20-17-14-11-8-5-2/h7-12,16-21,25-30,33-36,38-39,43,46,52,55,80-82,86-87H,4-6,13-15,22-24,31-32,37,40-42,44-45,47-51,53-54,56-79H2,1-3H3,(H,91,92)(H,93,94)/b10-7-,11-8-,12-9-,19-16-,20-17-,21-18-,28-25-,29-26-,30-27-,35-33-,36-34-,39-38-,46-43-,55-52-. The van der Waals surface area contributed by atoms with Gasteiger partial charge in [-0.25, -0.2) is 9.13 Å². The van der Waals surface area contributed by atoms with Gasteiger partial charge in [-0.1, -0.05) is 294 Å². The minimum atomic E-state index is -4.95. The van der Waals surface area contributed by atoms with Gasteiger partial charge in [0.2, 0.25) is 0 Å². The van der Waals surface area contributed by atoms with E-state index in [1.54, 1.807) is 0 Å². The minimum Gasteiger partial charge on any atom is -0.463 e. The fourth-order valence-corrected chi connectivity index (χ4v) is 11.6. The van der Waals surface area contributed by atoms with E-state index in [1.807, 2.05) is 0 Å². The van der Waals surface area contributed by atoms with Gasteiger partial charge < -0.3 is 34.2 Å². The van der Waals surface area contributed by atoms with Crippen LogP contribution in [0.4, 0.5) is 0 Å². The van der Waals surface area contributed by atoms with E-state index >= 15 is 0 Å². The minimum absolute atomic E-state index is 0.0680. The van der Waals surface area contributed by atoms with Crippen LogP contribution < -0.4 is 0 Å². The topological polar surface area (TPSA) is 231 Å². The Bertz CT molecular complexity index is 2550. The summed E-state index contributed by atoms with van der Waals surface area (Å²) in [7, 11) is -9.81. The highest BCUT2D eigenvalue weighted by atomic mass is 31.2. The fraction of sp³-hybridized carbons (Fsp3) is 0.635. The zero-order chi connectivity index (χ0) is 75.2. The molecule has 0 aromatic heterocycles. The van der Waals surface area contributed by atoms with Gasteiger partial charge in [-0.15, -0.1) is 0 Å². The van der Waals surface area contributed by atoms with Crippen LogP contribution in [0.2, 0.25) is 0 Å². The van der Waals surface area contributed by atoms with Crippen LogP contribution >= 0.6 is 15.6 Å². The monoisotopic (exact) mass is 1480 g/mol. The molecular formula is C85H140O16P2.